The number of guanidine groups is 1. The summed E-state index contributed by atoms with van der Waals surface area (Å²) in [5, 5.41) is 0. The average Bonchev–Trinajstić information content (AvgIpc) is 2.79. The van der Waals surface area contributed by atoms with E-state index in [2.05, 4.69) is 4.99 Å². The van der Waals surface area contributed by atoms with Crippen LogP contribution in [0.25, 0.3) is 5.57 Å². The molecular formula is C19H23N3O3. The maximum absolute atomic E-state index is 13.1. The summed E-state index contributed by atoms with van der Waals surface area (Å²) in [4.78, 5) is 19.1. The zero-order chi connectivity index (χ0) is 17.8. The number of hydrogen-bond donors (Lipinski definition) is 1. The highest BCUT2D eigenvalue weighted by molar-refractivity contribution is 6.07. The highest BCUT2D eigenvalue weighted by atomic mass is 16.5. The minimum absolute atomic E-state index is 0.103. The van der Waals surface area contributed by atoms with Crippen molar-refractivity contribution in [3.05, 3.63) is 35.6 Å². The quantitative estimate of drug-likeness (QED) is 0.851. The molecule has 0 bridgehead atoms. The van der Waals surface area contributed by atoms with E-state index in [4.69, 9.17) is 15.2 Å². The second-order valence-corrected chi connectivity index (χ2v) is 7.56. The van der Waals surface area contributed by atoms with E-state index in [0.717, 1.165) is 36.1 Å². The fourth-order valence-electron chi connectivity index (χ4n) is 3.95. The summed E-state index contributed by atoms with van der Waals surface area (Å²) in [6.45, 7) is 4.70. The minimum atomic E-state index is -1.01. The van der Waals surface area contributed by atoms with Crippen LogP contribution in [0.4, 0.5) is 0 Å². The highest BCUT2D eigenvalue weighted by Crippen LogP contribution is 2.49. The van der Waals surface area contributed by atoms with Crippen LogP contribution < -0.4 is 10.5 Å². The second-order valence-electron chi connectivity index (χ2n) is 7.56. The molecule has 6 nitrogen and oxygen atoms in total. The molecule has 1 amide bonds. The number of aliphatic imine (C=N–C) groups is 1. The monoisotopic (exact) mass is 341 g/mol. The third-order valence-corrected chi connectivity index (χ3v) is 5.11. The number of allylic oxidation sites excluding steroid dienone is 1. The molecule has 1 unspecified atom stereocenters. The largest absolute Gasteiger partial charge is 0.501 e. The molecular weight excluding hydrogens is 318 g/mol. The van der Waals surface area contributed by atoms with Gasteiger partial charge in [0.25, 0.3) is 5.91 Å². The summed E-state index contributed by atoms with van der Waals surface area (Å²) in [5.74, 6) is 0.838. The lowest BCUT2D eigenvalue weighted by molar-refractivity contribution is -0.133. The number of carbonyl (C=O) groups is 1. The molecule has 132 valence electrons. The fraction of sp³-hybridized carbons (Fsp3) is 0.474. The molecule has 0 radical (unpaired) electrons. The highest BCUT2D eigenvalue weighted by Gasteiger charge is 2.55. The van der Waals surface area contributed by atoms with Crippen LogP contribution in [0.15, 0.2) is 29.5 Å². The molecule has 0 fully saturated rings. The van der Waals surface area contributed by atoms with E-state index in [1.165, 1.54) is 4.90 Å². The zero-order valence-corrected chi connectivity index (χ0v) is 14.8. The first-order chi connectivity index (χ1) is 11.8. The molecule has 0 saturated carbocycles. The van der Waals surface area contributed by atoms with Crippen molar-refractivity contribution in [1.29, 1.82) is 0 Å². The van der Waals surface area contributed by atoms with Crippen molar-refractivity contribution in [3.63, 3.8) is 0 Å². The van der Waals surface area contributed by atoms with E-state index >= 15 is 0 Å². The molecule has 0 aliphatic carbocycles. The van der Waals surface area contributed by atoms with Crippen LogP contribution in [0.3, 0.4) is 0 Å². The van der Waals surface area contributed by atoms with Gasteiger partial charge in [0.2, 0.25) is 0 Å². The number of fused-ring (bicyclic) bond motifs is 2. The molecule has 1 aromatic rings. The molecule has 25 heavy (non-hydrogen) atoms. The van der Waals surface area contributed by atoms with Crippen LogP contribution in [-0.4, -0.2) is 36.0 Å². The molecule has 4 rings (SSSR count). The maximum atomic E-state index is 13.1. The second kappa shape index (κ2) is 5.25. The standard InChI is InChI=1S/C19H23N3O3/c1-18(2)11-19(16(23)22(3)17(20)21-19)14-9-12(6-7-15(14)25-18)13-5-4-8-24-10-13/h6-7,9-10H,4-5,8,11H2,1-3H3,(H2,20,21). The number of ether oxygens (including phenoxy) is 2. The van der Waals surface area contributed by atoms with Crippen molar-refractivity contribution in [2.45, 2.75) is 44.2 Å². The Morgan fingerprint density at radius 3 is 2.76 bits per heavy atom. The number of carbonyl (C=O) groups excluding carboxylic acids is 1. The van der Waals surface area contributed by atoms with Crippen LogP contribution >= 0.6 is 0 Å². The minimum Gasteiger partial charge on any atom is -0.501 e. The summed E-state index contributed by atoms with van der Waals surface area (Å²) in [6, 6.07) is 5.96. The number of hydrogen-bond acceptors (Lipinski definition) is 5. The number of amides is 1. The zero-order valence-electron chi connectivity index (χ0n) is 14.8. The van der Waals surface area contributed by atoms with Crippen molar-refractivity contribution in [3.8, 4) is 5.75 Å². The van der Waals surface area contributed by atoms with Crippen LogP contribution in [0.1, 0.15) is 44.2 Å². The van der Waals surface area contributed by atoms with Gasteiger partial charge in [0.05, 0.1) is 12.9 Å². The van der Waals surface area contributed by atoms with Crippen LogP contribution in [-0.2, 0) is 15.1 Å². The van der Waals surface area contributed by atoms with Gasteiger partial charge in [0.1, 0.15) is 11.4 Å². The summed E-state index contributed by atoms with van der Waals surface area (Å²) in [5.41, 5.74) is 7.42. The van der Waals surface area contributed by atoms with Gasteiger partial charge in [-0.3, -0.25) is 9.69 Å². The molecule has 3 aliphatic rings. The average molecular weight is 341 g/mol. The third-order valence-electron chi connectivity index (χ3n) is 5.11. The number of rotatable bonds is 1. The van der Waals surface area contributed by atoms with Crippen molar-refractivity contribution in [1.82, 2.24) is 4.90 Å². The van der Waals surface area contributed by atoms with Gasteiger partial charge >= 0.3 is 0 Å². The number of nitrogens with two attached hydrogens (primary N) is 1. The van der Waals surface area contributed by atoms with Gasteiger partial charge in [-0.05, 0) is 50.0 Å². The molecule has 1 atom stereocenters. The van der Waals surface area contributed by atoms with E-state index in [0.29, 0.717) is 12.2 Å². The Kier molecular flexibility index (Phi) is 3.36. The Hall–Kier alpha value is -2.50. The van der Waals surface area contributed by atoms with E-state index < -0.39 is 11.1 Å². The molecule has 1 spiro atoms. The van der Waals surface area contributed by atoms with E-state index in [1.54, 1.807) is 7.05 Å². The SMILES string of the molecule is CN1C(=O)C2(CC(C)(C)Oc3ccc(C4=COCCC4)cc32)N=C1N. The van der Waals surface area contributed by atoms with Crippen molar-refractivity contribution in [2.24, 2.45) is 10.7 Å². The lowest BCUT2D eigenvalue weighted by Gasteiger charge is -2.41. The Balaban J connectivity index is 1.89. The van der Waals surface area contributed by atoms with Crippen molar-refractivity contribution < 1.29 is 14.3 Å². The van der Waals surface area contributed by atoms with Crippen LogP contribution in [0, 0.1) is 0 Å². The third kappa shape index (κ3) is 2.39. The number of benzene rings is 1. The van der Waals surface area contributed by atoms with Crippen molar-refractivity contribution >= 4 is 17.4 Å². The van der Waals surface area contributed by atoms with Crippen LogP contribution in [0.5, 0.6) is 5.75 Å². The maximum Gasteiger partial charge on any atom is 0.261 e. The number of nitrogens with zero attached hydrogens (tertiary/aromatic N) is 2. The predicted molar refractivity (Wildman–Crippen MR) is 95.0 cm³/mol. The summed E-state index contributed by atoms with van der Waals surface area (Å²) >= 11 is 0. The van der Waals surface area contributed by atoms with E-state index in [1.807, 2.05) is 38.3 Å². The molecule has 0 saturated heterocycles. The van der Waals surface area contributed by atoms with Crippen molar-refractivity contribution in [2.75, 3.05) is 13.7 Å². The molecule has 1 aromatic carbocycles. The smallest absolute Gasteiger partial charge is 0.261 e. The Bertz CT molecular complexity index is 812. The molecule has 6 heteroatoms. The van der Waals surface area contributed by atoms with Gasteiger partial charge in [0, 0.05) is 19.0 Å². The van der Waals surface area contributed by atoms with Crippen LogP contribution in [0.2, 0.25) is 0 Å². The van der Waals surface area contributed by atoms with Gasteiger partial charge < -0.3 is 15.2 Å². The molecule has 0 aromatic heterocycles. The predicted octanol–water partition coefficient (Wildman–Crippen LogP) is 2.38. The molecule has 3 aliphatic heterocycles. The topological polar surface area (TPSA) is 77.2 Å². The van der Waals surface area contributed by atoms with E-state index in [-0.39, 0.29) is 11.9 Å². The normalized spacial score (nSPS) is 27.3. The number of likely N-dealkylation sites (N-methyl/N-ethyl adjacent to an activating group) is 1. The van der Waals surface area contributed by atoms with Gasteiger partial charge in [-0.1, -0.05) is 6.07 Å². The Labute approximate surface area is 147 Å². The Morgan fingerprint density at radius 2 is 2.12 bits per heavy atom. The lowest BCUT2D eigenvalue weighted by atomic mass is 9.76. The van der Waals surface area contributed by atoms with Gasteiger partial charge in [-0.15, -0.1) is 0 Å². The lowest BCUT2D eigenvalue weighted by Crippen LogP contribution is -2.49. The summed E-state index contributed by atoms with van der Waals surface area (Å²) in [6.07, 6.45) is 4.21. The Morgan fingerprint density at radius 1 is 1.32 bits per heavy atom. The summed E-state index contributed by atoms with van der Waals surface area (Å²) < 4.78 is 11.6. The first-order valence-corrected chi connectivity index (χ1v) is 8.60. The fourth-order valence-corrected chi connectivity index (χ4v) is 3.95. The summed E-state index contributed by atoms with van der Waals surface area (Å²) in [7, 11) is 1.67. The van der Waals surface area contributed by atoms with Gasteiger partial charge in [-0.25, -0.2) is 4.99 Å². The first kappa shape index (κ1) is 16.0. The van der Waals surface area contributed by atoms with Gasteiger partial charge in [-0.2, -0.15) is 0 Å². The first-order valence-electron chi connectivity index (χ1n) is 8.60. The molecule has 3 heterocycles. The van der Waals surface area contributed by atoms with Gasteiger partial charge in [0.15, 0.2) is 11.5 Å². The van der Waals surface area contributed by atoms with E-state index in [9.17, 15) is 4.79 Å². The molecule has 2 N–H and O–H groups in total.